The SMILES string of the molecule is CCCCCC[C@H]1OC[C@@H](C)NC(=O)[C@H](CN2CCNCC2)NC(=O)[C@H](CN)NC(=O)[C@H](C2CCCCC2)NC(=O)[C@H](CC(C)C)N(C)C(=O)[C@@H]1C. The molecule has 52 heavy (non-hydrogen) atoms. The zero-order chi connectivity index (χ0) is 38.2. The molecular weight excluding hydrogens is 664 g/mol. The second-order valence-corrected chi connectivity index (χ2v) is 15.8. The Morgan fingerprint density at radius 2 is 1.48 bits per heavy atom. The Kier molecular flexibility index (Phi) is 18.8. The van der Waals surface area contributed by atoms with Crippen molar-refractivity contribution in [2.24, 2.45) is 23.5 Å². The Hall–Kier alpha value is -2.81. The van der Waals surface area contributed by atoms with Gasteiger partial charge in [-0.3, -0.25) is 28.9 Å². The maximum atomic E-state index is 14.2. The summed E-state index contributed by atoms with van der Waals surface area (Å²) in [6.45, 7) is 13.1. The lowest BCUT2D eigenvalue weighted by molar-refractivity contribution is -0.147. The highest BCUT2D eigenvalue weighted by Crippen LogP contribution is 2.28. The van der Waals surface area contributed by atoms with Crippen LogP contribution in [0.15, 0.2) is 0 Å². The highest BCUT2D eigenvalue weighted by Gasteiger charge is 2.39. The van der Waals surface area contributed by atoms with Crippen molar-refractivity contribution in [1.82, 2.24) is 36.4 Å². The molecule has 5 amide bonds. The van der Waals surface area contributed by atoms with E-state index in [0.29, 0.717) is 12.8 Å². The van der Waals surface area contributed by atoms with Crippen LogP contribution in [0.4, 0.5) is 0 Å². The molecule has 14 heteroatoms. The molecule has 0 unspecified atom stereocenters. The summed E-state index contributed by atoms with van der Waals surface area (Å²) in [5, 5.41) is 15.1. The van der Waals surface area contributed by atoms with Crippen molar-refractivity contribution < 1.29 is 28.7 Å². The molecule has 2 aliphatic heterocycles. The number of nitrogens with one attached hydrogen (secondary N) is 5. The number of piperazine rings is 1. The van der Waals surface area contributed by atoms with E-state index in [9.17, 15) is 24.0 Å². The van der Waals surface area contributed by atoms with Crippen molar-refractivity contribution in [3.05, 3.63) is 0 Å². The Balaban J connectivity index is 2.00. The molecule has 0 bridgehead atoms. The van der Waals surface area contributed by atoms with Gasteiger partial charge in [-0.15, -0.1) is 0 Å². The number of amides is 5. The molecule has 0 aromatic rings. The van der Waals surface area contributed by atoms with Gasteiger partial charge in [0.25, 0.3) is 0 Å². The van der Waals surface area contributed by atoms with Gasteiger partial charge in [-0.25, -0.2) is 0 Å². The molecule has 1 aliphatic carbocycles. The third kappa shape index (κ3) is 13.6. The molecule has 2 saturated heterocycles. The summed E-state index contributed by atoms with van der Waals surface area (Å²) >= 11 is 0. The van der Waals surface area contributed by atoms with Gasteiger partial charge in [0.2, 0.25) is 29.5 Å². The fourth-order valence-electron chi connectivity index (χ4n) is 7.65. The lowest BCUT2D eigenvalue weighted by Gasteiger charge is -2.36. The summed E-state index contributed by atoms with van der Waals surface area (Å²) < 4.78 is 6.43. The first kappa shape index (κ1) is 43.6. The Morgan fingerprint density at radius 3 is 2.12 bits per heavy atom. The van der Waals surface area contributed by atoms with Gasteiger partial charge in [-0.2, -0.15) is 0 Å². The summed E-state index contributed by atoms with van der Waals surface area (Å²) in [7, 11) is 1.66. The molecule has 0 aromatic heterocycles. The molecule has 0 spiro atoms. The van der Waals surface area contributed by atoms with Gasteiger partial charge in [0.15, 0.2) is 0 Å². The van der Waals surface area contributed by atoms with Crippen molar-refractivity contribution >= 4 is 29.5 Å². The minimum atomic E-state index is -1.12. The van der Waals surface area contributed by atoms with E-state index in [-0.39, 0.29) is 43.3 Å². The summed E-state index contributed by atoms with van der Waals surface area (Å²) in [4.78, 5) is 73.7. The zero-order valence-corrected chi connectivity index (χ0v) is 32.8. The van der Waals surface area contributed by atoms with E-state index in [1.54, 1.807) is 7.05 Å². The number of nitrogens with zero attached hydrogens (tertiary/aromatic N) is 2. The van der Waals surface area contributed by atoms with Crippen molar-refractivity contribution in [3.63, 3.8) is 0 Å². The quantitative estimate of drug-likeness (QED) is 0.170. The van der Waals surface area contributed by atoms with Crippen LogP contribution in [-0.2, 0) is 28.7 Å². The molecule has 3 fully saturated rings. The van der Waals surface area contributed by atoms with Crippen molar-refractivity contribution in [3.8, 4) is 0 Å². The van der Waals surface area contributed by atoms with Gasteiger partial charge >= 0.3 is 0 Å². The molecule has 2 heterocycles. The fourth-order valence-corrected chi connectivity index (χ4v) is 7.65. The standard InChI is InChI=1S/C38H70N8O6/c1-7-8-9-13-16-32-27(5)38(51)45(6)31(21-25(2)3)36(49)44-33(28-14-11-10-12-15-28)37(50)42-29(22-39)34(47)43-30(23-46-19-17-40-18-20-46)35(48)41-26(4)24-52-32/h25-33,40H,7-24,39H2,1-6H3,(H,41,48)(H,42,50)(H,43,47)(H,44,49)/t26-,27-,29+,30+,31+,32-,33+/m1/s1. The zero-order valence-electron chi connectivity index (χ0n) is 32.8. The van der Waals surface area contributed by atoms with Crippen LogP contribution in [0, 0.1) is 17.8 Å². The van der Waals surface area contributed by atoms with Gasteiger partial charge in [-0.1, -0.05) is 72.6 Å². The monoisotopic (exact) mass is 735 g/mol. The van der Waals surface area contributed by atoms with Crippen LogP contribution in [0.2, 0.25) is 0 Å². The highest BCUT2D eigenvalue weighted by molar-refractivity contribution is 5.96. The largest absolute Gasteiger partial charge is 0.375 e. The summed E-state index contributed by atoms with van der Waals surface area (Å²) in [5.41, 5.74) is 6.08. The van der Waals surface area contributed by atoms with Crippen molar-refractivity contribution in [2.75, 3.05) is 52.9 Å². The van der Waals surface area contributed by atoms with E-state index in [1.165, 1.54) is 4.90 Å². The molecule has 3 rings (SSSR count). The first-order valence-electron chi connectivity index (χ1n) is 20.1. The maximum absolute atomic E-state index is 14.2. The topological polar surface area (TPSA) is 187 Å². The normalized spacial score (nSPS) is 30.5. The molecule has 14 nitrogen and oxygen atoms in total. The van der Waals surface area contributed by atoms with Gasteiger partial charge in [0.1, 0.15) is 24.2 Å². The van der Waals surface area contributed by atoms with Gasteiger partial charge in [0.05, 0.1) is 18.6 Å². The van der Waals surface area contributed by atoms with E-state index < -0.39 is 60.0 Å². The molecular formula is C38H70N8O6. The van der Waals surface area contributed by atoms with Crippen LogP contribution in [0.25, 0.3) is 0 Å². The predicted molar refractivity (Wildman–Crippen MR) is 202 cm³/mol. The van der Waals surface area contributed by atoms with E-state index >= 15 is 0 Å². The number of likely N-dealkylation sites (N-methyl/N-ethyl adjacent to an activating group) is 1. The first-order chi connectivity index (χ1) is 24.9. The minimum absolute atomic E-state index is 0.0925. The van der Waals surface area contributed by atoms with E-state index in [0.717, 1.165) is 84.0 Å². The number of hydrogen-bond donors (Lipinski definition) is 6. The van der Waals surface area contributed by atoms with Crippen LogP contribution in [-0.4, -0.2) is 129 Å². The molecule has 0 radical (unpaired) electrons. The van der Waals surface area contributed by atoms with E-state index in [1.807, 2.05) is 27.7 Å². The highest BCUT2D eigenvalue weighted by atomic mass is 16.5. The summed E-state index contributed by atoms with van der Waals surface area (Å²) in [5.74, 6) is -2.62. The second-order valence-electron chi connectivity index (χ2n) is 15.8. The third-order valence-corrected chi connectivity index (χ3v) is 10.9. The maximum Gasteiger partial charge on any atom is 0.244 e. The van der Waals surface area contributed by atoms with Gasteiger partial charge in [-0.05, 0) is 44.4 Å². The van der Waals surface area contributed by atoms with Crippen LogP contribution in [0.1, 0.15) is 105 Å². The number of carbonyl (C=O) groups excluding carboxylic acids is 5. The van der Waals surface area contributed by atoms with Crippen LogP contribution in [0.5, 0.6) is 0 Å². The Bertz CT molecular complexity index is 1140. The lowest BCUT2D eigenvalue weighted by Crippen LogP contribution is -2.63. The lowest BCUT2D eigenvalue weighted by atomic mass is 9.83. The smallest absolute Gasteiger partial charge is 0.244 e. The van der Waals surface area contributed by atoms with E-state index in [2.05, 4.69) is 38.4 Å². The van der Waals surface area contributed by atoms with Crippen LogP contribution in [0.3, 0.4) is 0 Å². The second kappa shape index (κ2) is 22.4. The number of hydrogen-bond acceptors (Lipinski definition) is 9. The number of nitrogens with two attached hydrogens (primary N) is 1. The predicted octanol–water partition coefficient (Wildman–Crippen LogP) is 1.27. The molecule has 7 atom stereocenters. The van der Waals surface area contributed by atoms with Crippen molar-refractivity contribution in [1.29, 1.82) is 0 Å². The third-order valence-electron chi connectivity index (χ3n) is 10.9. The van der Waals surface area contributed by atoms with Crippen molar-refractivity contribution in [2.45, 2.75) is 142 Å². The number of unbranched alkanes of at least 4 members (excludes halogenated alkanes) is 3. The average Bonchev–Trinajstić information content (AvgIpc) is 3.13. The average molecular weight is 735 g/mol. The molecule has 1 saturated carbocycles. The number of ether oxygens (including phenoxy) is 1. The number of rotatable bonds is 11. The van der Waals surface area contributed by atoms with Crippen LogP contribution < -0.4 is 32.3 Å². The number of carbonyl (C=O) groups is 5. The van der Waals surface area contributed by atoms with Crippen LogP contribution >= 0.6 is 0 Å². The van der Waals surface area contributed by atoms with E-state index in [4.69, 9.17) is 10.5 Å². The molecule has 298 valence electrons. The van der Waals surface area contributed by atoms with Gasteiger partial charge in [0, 0.05) is 52.4 Å². The van der Waals surface area contributed by atoms with Gasteiger partial charge < -0.3 is 42.0 Å². The first-order valence-corrected chi connectivity index (χ1v) is 20.1. The fraction of sp³-hybridized carbons (Fsp3) is 0.868. The Labute approximate surface area is 312 Å². The molecule has 0 aromatic carbocycles. The summed E-state index contributed by atoms with van der Waals surface area (Å²) in [6, 6.07) is -4.18. The molecule has 7 N–H and O–H groups in total. The minimum Gasteiger partial charge on any atom is -0.375 e. The molecule has 3 aliphatic rings. The summed E-state index contributed by atoms with van der Waals surface area (Å²) in [6.07, 6.45) is 9.11. The Morgan fingerprint density at radius 1 is 0.827 bits per heavy atom.